The van der Waals surface area contributed by atoms with Crippen LogP contribution in [-0.4, -0.2) is 5.91 Å². The highest BCUT2D eigenvalue weighted by Gasteiger charge is 2.25. The number of carbonyl (C=O) groups is 1. The Morgan fingerprint density at radius 1 is 1.05 bits per heavy atom. The van der Waals surface area contributed by atoms with Crippen LogP contribution >= 0.6 is 0 Å². The van der Waals surface area contributed by atoms with Crippen molar-refractivity contribution in [1.29, 1.82) is 0 Å². The first-order valence-electron chi connectivity index (χ1n) is 6.93. The van der Waals surface area contributed by atoms with Crippen molar-refractivity contribution in [1.82, 2.24) is 5.43 Å². The van der Waals surface area contributed by atoms with Gasteiger partial charge >= 0.3 is 0 Å². The number of fused-ring (bicyclic) bond motifs is 5. The van der Waals surface area contributed by atoms with Crippen LogP contribution < -0.4 is 11.3 Å². The van der Waals surface area contributed by atoms with Gasteiger partial charge < -0.3 is 0 Å². The number of benzene rings is 3. The molecule has 0 heterocycles. The molecule has 1 aliphatic rings. The highest BCUT2D eigenvalue weighted by atomic mass is 16.2. The zero-order valence-electron chi connectivity index (χ0n) is 11.4. The summed E-state index contributed by atoms with van der Waals surface area (Å²) in [4.78, 5) is 12.1. The Morgan fingerprint density at radius 3 is 2.67 bits per heavy atom. The maximum Gasteiger partial charge on any atom is 0.265 e. The predicted octanol–water partition coefficient (Wildman–Crippen LogP) is 3.01. The molecule has 0 spiro atoms. The first kappa shape index (κ1) is 12.1. The van der Waals surface area contributed by atoms with Crippen LogP contribution in [-0.2, 0) is 6.42 Å². The molecule has 3 aromatic rings. The van der Waals surface area contributed by atoms with Crippen molar-refractivity contribution in [3.8, 4) is 11.1 Å². The van der Waals surface area contributed by atoms with Crippen LogP contribution in [0.1, 0.15) is 21.5 Å². The summed E-state index contributed by atoms with van der Waals surface area (Å²) in [6, 6.07) is 18.4. The molecule has 0 aromatic heterocycles. The molecule has 0 atom stereocenters. The summed E-state index contributed by atoms with van der Waals surface area (Å²) in [5.41, 5.74) is 7.65. The quantitative estimate of drug-likeness (QED) is 0.318. The number of nitrogen functional groups attached to an aromatic ring is 1. The lowest BCUT2D eigenvalue weighted by Gasteiger charge is -2.11. The summed E-state index contributed by atoms with van der Waals surface area (Å²) in [6.45, 7) is 0. The van der Waals surface area contributed by atoms with E-state index in [-0.39, 0.29) is 5.91 Å². The third-order valence-electron chi connectivity index (χ3n) is 4.19. The summed E-state index contributed by atoms with van der Waals surface area (Å²) in [5.74, 6) is 5.12. The van der Waals surface area contributed by atoms with Crippen LogP contribution in [0.25, 0.3) is 21.9 Å². The summed E-state index contributed by atoms with van der Waals surface area (Å²) in [5, 5.41) is 2.25. The fourth-order valence-electron chi connectivity index (χ4n) is 3.27. The summed E-state index contributed by atoms with van der Waals surface area (Å²) in [6.07, 6.45) is 0.777. The van der Waals surface area contributed by atoms with Gasteiger partial charge in [0.05, 0.1) is 0 Å². The molecule has 0 bridgehead atoms. The van der Waals surface area contributed by atoms with Gasteiger partial charge in [-0.05, 0) is 45.5 Å². The highest BCUT2D eigenvalue weighted by molar-refractivity contribution is 6.08. The molecule has 4 rings (SSSR count). The Hall–Kier alpha value is -2.65. The van der Waals surface area contributed by atoms with E-state index in [1.165, 1.54) is 22.1 Å². The number of rotatable bonds is 1. The zero-order valence-corrected chi connectivity index (χ0v) is 11.4. The number of nitrogens with two attached hydrogens (primary N) is 1. The standard InChI is InChI=1S/C18H14N2O/c19-20-18(21)16-10-12-6-2-4-8-14(12)17-13-7-3-1-5-11(13)9-15(16)17/h1-8,10H,9,19H2,(H,20,21). The zero-order chi connectivity index (χ0) is 14.4. The van der Waals surface area contributed by atoms with Crippen LogP contribution in [0.3, 0.4) is 0 Å². The second kappa shape index (κ2) is 4.43. The number of hydrogen-bond donors (Lipinski definition) is 2. The lowest BCUT2D eigenvalue weighted by molar-refractivity contribution is 0.0953. The average molecular weight is 274 g/mol. The predicted molar refractivity (Wildman–Crippen MR) is 83.8 cm³/mol. The monoisotopic (exact) mass is 274 g/mol. The Kier molecular flexibility index (Phi) is 2.56. The molecule has 3 aromatic carbocycles. The van der Waals surface area contributed by atoms with Gasteiger partial charge in [0, 0.05) is 5.56 Å². The minimum atomic E-state index is -0.232. The van der Waals surface area contributed by atoms with E-state index in [0.29, 0.717) is 5.56 Å². The Balaban J connectivity index is 2.14. The van der Waals surface area contributed by atoms with E-state index in [2.05, 4.69) is 23.6 Å². The molecule has 0 fully saturated rings. The first-order valence-corrected chi connectivity index (χ1v) is 6.93. The molecule has 102 valence electrons. The van der Waals surface area contributed by atoms with Crippen LogP contribution in [0.4, 0.5) is 0 Å². The molecule has 0 aliphatic heterocycles. The van der Waals surface area contributed by atoms with Crippen molar-refractivity contribution in [3.05, 3.63) is 71.3 Å². The molecule has 0 radical (unpaired) electrons. The van der Waals surface area contributed by atoms with Gasteiger partial charge in [0.2, 0.25) is 0 Å². The second-order valence-electron chi connectivity index (χ2n) is 5.31. The third-order valence-corrected chi connectivity index (χ3v) is 4.19. The summed E-state index contributed by atoms with van der Waals surface area (Å²) in [7, 11) is 0. The van der Waals surface area contributed by atoms with Gasteiger partial charge in [0.15, 0.2) is 0 Å². The number of hydrogen-bond acceptors (Lipinski definition) is 2. The van der Waals surface area contributed by atoms with E-state index in [9.17, 15) is 4.79 Å². The molecular formula is C18H14N2O. The molecule has 0 saturated carbocycles. The number of hydrazine groups is 1. The molecule has 0 unspecified atom stereocenters. The SMILES string of the molecule is NNC(=O)c1cc2ccccc2c2c1Cc1ccccc1-2. The average Bonchev–Trinajstić information content (AvgIpc) is 2.93. The van der Waals surface area contributed by atoms with E-state index in [0.717, 1.165) is 17.4 Å². The molecule has 0 saturated heterocycles. The van der Waals surface area contributed by atoms with Crippen molar-refractivity contribution >= 4 is 16.7 Å². The molecule has 21 heavy (non-hydrogen) atoms. The van der Waals surface area contributed by atoms with E-state index >= 15 is 0 Å². The number of amides is 1. The molecular weight excluding hydrogens is 260 g/mol. The Labute approximate surface area is 122 Å². The van der Waals surface area contributed by atoms with Gasteiger partial charge in [-0.25, -0.2) is 5.84 Å². The van der Waals surface area contributed by atoms with Crippen LogP contribution in [0, 0.1) is 0 Å². The van der Waals surface area contributed by atoms with Gasteiger partial charge in [0.25, 0.3) is 5.91 Å². The van der Waals surface area contributed by atoms with Crippen LogP contribution in [0.2, 0.25) is 0 Å². The molecule has 1 amide bonds. The van der Waals surface area contributed by atoms with E-state index in [4.69, 9.17) is 5.84 Å². The minimum Gasteiger partial charge on any atom is -0.290 e. The highest BCUT2D eigenvalue weighted by Crippen LogP contribution is 2.42. The maximum atomic E-state index is 12.1. The van der Waals surface area contributed by atoms with E-state index in [1.807, 2.05) is 36.4 Å². The van der Waals surface area contributed by atoms with Crippen molar-refractivity contribution in [3.63, 3.8) is 0 Å². The first-order chi connectivity index (χ1) is 10.3. The van der Waals surface area contributed by atoms with Crippen LogP contribution in [0.5, 0.6) is 0 Å². The van der Waals surface area contributed by atoms with Crippen molar-refractivity contribution in [2.45, 2.75) is 6.42 Å². The third kappa shape index (κ3) is 1.68. The molecule has 1 aliphatic carbocycles. The van der Waals surface area contributed by atoms with Crippen molar-refractivity contribution in [2.75, 3.05) is 0 Å². The molecule has 3 nitrogen and oxygen atoms in total. The van der Waals surface area contributed by atoms with E-state index < -0.39 is 0 Å². The van der Waals surface area contributed by atoms with Gasteiger partial charge in [-0.3, -0.25) is 10.2 Å². The van der Waals surface area contributed by atoms with Gasteiger partial charge in [-0.15, -0.1) is 0 Å². The smallest absolute Gasteiger partial charge is 0.265 e. The fourth-order valence-corrected chi connectivity index (χ4v) is 3.27. The summed E-state index contributed by atoms with van der Waals surface area (Å²) >= 11 is 0. The topological polar surface area (TPSA) is 55.1 Å². The maximum absolute atomic E-state index is 12.1. The minimum absolute atomic E-state index is 0.232. The van der Waals surface area contributed by atoms with Crippen molar-refractivity contribution in [2.24, 2.45) is 5.84 Å². The molecule has 3 heteroatoms. The molecule has 3 N–H and O–H groups in total. The second-order valence-corrected chi connectivity index (χ2v) is 5.31. The largest absolute Gasteiger partial charge is 0.290 e. The number of carbonyl (C=O) groups excluding carboxylic acids is 1. The lowest BCUT2D eigenvalue weighted by atomic mass is 9.93. The normalized spacial score (nSPS) is 12.0. The van der Waals surface area contributed by atoms with E-state index in [1.54, 1.807) is 0 Å². The van der Waals surface area contributed by atoms with Gasteiger partial charge in [-0.1, -0.05) is 48.5 Å². The van der Waals surface area contributed by atoms with Gasteiger partial charge in [-0.2, -0.15) is 0 Å². The lowest BCUT2D eigenvalue weighted by Crippen LogP contribution is -2.30. The van der Waals surface area contributed by atoms with Gasteiger partial charge in [0.1, 0.15) is 0 Å². The fraction of sp³-hybridized carbons (Fsp3) is 0.0556. The summed E-state index contributed by atoms with van der Waals surface area (Å²) < 4.78 is 0. The Morgan fingerprint density at radius 2 is 1.81 bits per heavy atom. The van der Waals surface area contributed by atoms with Crippen molar-refractivity contribution < 1.29 is 4.79 Å². The van der Waals surface area contributed by atoms with Crippen LogP contribution in [0.15, 0.2) is 54.6 Å². The number of nitrogens with one attached hydrogen (secondary N) is 1. The Bertz CT molecular complexity index is 884.